The Balaban J connectivity index is 1.51. The monoisotopic (exact) mass is 436 g/mol. The third-order valence-corrected chi connectivity index (χ3v) is 6.56. The number of fused-ring (bicyclic) bond motifs is 1. The quantitative estimate of drug-likeness (QED) is 0.736. The van der Waals surface area contributed by atoms with Crippen molar-refractivity contribution in [2.75, 3.05) is 31.6 Å². The van der Waals surface area contributed by atoms with Gasteiger partial charge in [-0.15, -0.1) is 0 Å². The van der Waals surface area contributed by atoms with E-state index in [2.05, 4.69) is 15.5 Å². The fraction of sp³-hybridized carbons (Fsp3) is 0.545. The molecule has 2 aliphatic rings. The van der Waals surface area contributed by atoms with Gasteiger partial charge in [0.25, 0.3) is 5.91 Å². The van der Waals surface area contributed by atoms with Gasteiger partial charge in [-0.05, 0) is 56.5 Å². The van der Waals surface area contributed by atoms with E-state index in [1.807, 2.05) is 25.2 Å². The van der Waals surface area contributed by atoms with Crippen LogP contribution in [-0.4, -0.2) is 49.5 Å². The van der Waals surface area contributed by atoms with Crippen LogP contribution in [0.15, 0.2) is 24.3 Å². The molecule has 1 aliphatic heterocycles. The Bertz CT molecular complexity index is 939. The summed E-state index contributed by atoms with van der Waals surface area (Å²) in [5.74, 6) is -2.32. The van der Waals surface area contributed by atoms with E-state index in [1.54, 1.807) is 6.07 Å². The molecule has 8 heteroatoms. The molecule has 2 atom stereocenters. The normalized spacial score (nSPS) is 23.7. The third-order valence-electron chi connectivity index (χ3n) is 6.25. The van der Waals surface area contributed by atoms with Gasteiger partial charge in [-0.2, -0.15) is 0 Å². The van der Waals surface area contributed by atoms with Crippen LogP contribution in [0.2, 0.25) is 5.02 Å². The molecule has 1 aromatic heterocycles. The molecule has 0 radical (unpaired) electrons. The van der Waals surface area contributed by atoms with E-state index in [0.29, 0.717) is 40.4 Å². The number of benzene rings is 1. The standard InChI is InChI=1S/C22H27ClF2N4O/c1-26-15-8-10-29(13-15)19-7-4-16-18(28-19)6-5-17(23)20(16)21(30)27-12-14-3-2-9-22(24,25)11-14/h4-7,14-15,26H,2-3,8-13H2,1H3,(H,27,30)/t14?,15-/m1/s1. The molecule has 30 heavy (non-hydrogen) atoms. The number of alkyl halides is 2. The van der Waals surface area contributed by atoms with Crippen LogP contribution in [0.3, 0.4) is 0 Å². The summed E-state index contributed by atoms with van der Waals surface area (Å²) in [7, 11) is 1.96. The molecule has 1 amide bonds. The van der Waals surface area contributed by atoms with Gasteiger partial charge in [0.2, 0.25) is 5.92 Å². The molecular weight excluding hydrogens is 410 g/mol. The Kier molecular flexibility index (Phi) is 6.11. The van der Waals surface area contributed by atoms with Crippen molar-refractivity contribution in [1.29, 1.82) is 0 Å². The van der Waals surface area contributed by atoms with Crippen molar-refractivity contribution in [3.63, 3.8) is 0 Å². The average Bonchev–Trinajstić information content (AvgIpc) is 3.20. The number of nitrogens with zero attached hydrogens (tertiary/aromatic N) is 2. The van der Waals surface area contributed by atoms with Gasteiger partial charge in [-0.1, -0.05) is 11.6 Å². The molecule has 162 valence electrons. The number of amides is 1. The molecule has 5 nitrogen and oxygen atoms in total. The highest BCUT2D eigenvalue weighted by Crippen LogP contribution is 2.36. The van der Waals surface area contributed by atoms with Crippen LogP contribution in [-0.2, 0) is 0 Å². The Hall–Kier alpha value is -1.99. The zero-order valence-corrected chi connectivity index (χ0v) is 17.8. The first kappa shape index (κ1) is 21.2. The van der Waals surface area contributed by atoms with Crippen LogP contribution in [0.25, 0.3) is 10.9 Å². The summed E-state index contributed by atoms with van der Waals surface area (Å²) in [6.07, 6.45) is 2.01. The Morgan fingerprint density at radius 3 is 2.87 bits per heavy atom. The molecule has 4 rings (SSSR count). The number of carbonyl (C=O) groups excluding carboxylic acids is 1. The fourth-order valence-corrected chi connectivity index (χ4v) is 4.80. The summed E-state index contributed by atoms with van der Waals surface area (Å²) < 4.78 is 27.3. The summed E-state index contributed by atoms with van der Waals surface area (Å²) >= 11 is 6.34. The lowest BCUT2D eigenvalue weighted by Crippen LogP contribution is -2.35. The number of aromatic nitrogens is 1. The van der Waals surface area contributed by atoms with E-state index < -0.39 is 5.92 Å². The predicted octanol–water partition coefficient (Wildman–Crippen LogP) is 4.24. The maximum atomic E-state index is 13.6. The second-order valence-electron chi connectivity index (χ2n) is 8.41. The minimum absolute atomic E-state index is 0.0628. The van der Waals surface area contributed by atoms with Crippen molar-refractivity contribution in [2.24, 2.45) is 5.92 Å². The van der Waals surface area contributed by atoms with Gasteiger partial charge in [0.1, 0.15) is 5.82 Å². The maximum Gasteiger partial charge on any atom is 0.253 e. The van der Waals surface area contributed by atoms with Crippen LogP contribution < -0.4 is 15.5 Å². The van der Waals surface area contributed by atoms with Crippen LogP contribution in [0.1, 0.15) is 42.5 Å². The average molecular weight is 437 g/mol. The maximum absolute atomic E-state index is 13.6. The molecule has 2 heterocycles. The molecule has 1 saturated carbocycles. The fourth-order valence-electron chi connectivity index (χ4n) is 4.55. The Labute approximate surface area is 180 Å². The molecule has 1 aromatic carbocycles. The largest absolute Gasteiger partial charge is 0.355 e. The van der Waals surface area contributed by atoms with Crippen LogP contribution in [0, 0.1) is 5.92 Å². The van der Waals surface area contributed by atoms with Crippen molar-refractivity contribution in [3.05, 3.63) is 34.9 Å². The van der Waals surface area contributed by atoms with Gasteiger partial charge in [0, 0.05) is 43.9 Å². The molecule has 1 saturated heterocycles. The molecule has 2 fully saturated rings. The SMILES string of the molecule is CN[C@@H]1CCN(c2ccc3c(C(=O)NCC4CCCC(F)(F)C4)c(Cl)ccc3n2)C1. The zero-order chi connectivity index (χ0) is 21.3. The number of rotatable bonds is 5. The van der Waals surface area contributed by atoms with Crippen molar-refractivity contribution >= 4 is 34.2 Å². The summed E-state index contributed by atoms with van der Waals surface area (Å²) in [4.78, 5) is 19.8. The first-order valence-corrected chi connectivity index (χ1v) is 10.9. The number of carbonyl (C=O) groups is 1. The lowest BCUT2D eigenvalue weighted by Gasteiger charge is -2.29. The number of pyridine rings is 1. The van der Waals surface area contributed by atoms with Gasteiger partial charge in [0.05, 0.1) is 16.1 Å². The molecule has 2 aromatic rings. The van der Waals surface area contributed by atoms with Crippen molar-refractivity contribution in [2.45, 2.75) is 44.1 Å². The van der Waals surface area contributed by atoms with Gasteiger partial charge in [0.15, 0.2) is 0 Å². The first-order chi connectivity index (χ1) is 14.4. The lowest BCUT2D eigenvalue weighted by molar-refractivity contribution is -0.0518. The van der Waals surface area contributed by atoms with Gasteiger partial charge in [-0.3, -0.25) is 4.79 Å². The van der Waals surface area contributed by atoms with Crippen LogP contribution >= 0.6 is 11.6 Å². The van der Waals surface area contributed by atoms with Gasteiger partial charge >= 0.3 is 0 Å². The highest BCUT2D eigenvalue weighted by atomic mass is 35.5. The van der Waals surface area contributed by atoms with Gasteiger partial charge < -0.3 is 15.5 Å². The third kappa shape index (κ3) is 4.52. The Morgan fingerprint density at radius 1 is 1.30 bits per heavy atom. The molecule has 0 spiro atoms. The van der Waals surface area contributed by atoms with E-state index in [0.717, 1.165) is 25.3 Å². The van der Waals surface area contributed by atoms with E-state index in [1.165, 1.54) is 0 Å². The second-order valence-corrected chi connectivity index (χ2v) is 8.81. The Morgan fingerprint density at radius 2 is 2.13 bits per heavy atom. The second kappa shape index (κ2) is 8.63. The molecular formula is C22H27ClF2N4O. The molecule has 1 unspecified atom stereocenters. The van der Waals surface area contributed by atoms with Crippen molar-refractivity contribution < 1.29 is 13.6 Å². The summed E-state index contributed by atoms with van der Waals surface area (Å²) in [6.45, 7) is 2.05. The van der Waals surface area contributed by atoms with E-state index in [-0.39, 0.29) is 31.2 Å². The minimum Gasteiger partial charge on any atom is -0.355 e. The zero-order valence-electron chi connectivity index (χ0n) is 17.1. The first-order valence-electron chi connectivity index (χ1n) is 10.5. The highest BCUT2D eigenvalue weighted by Gasteiger charge is 2.36. The number of nitrogens with one attached hydrogen (secondary N) is 2. The van der Waals surface area contributed by atoms with Crippen LogP contribution in [0.5, 0.6) is 0 Å². The number of anilines is 1. The summed E-state index contributed by atoms with van der Waals surface area (Å²) in [5.41, 5.74) is 1.05. The molecule has 0 bridgehead atoms. The topological polar surface area (TPSA) is 57.3 Å². The highest BCUT2D eigenvalue weighted by molar-refractivity contribution is 6.35. The lowest BCUT2D eigenvalue weighted by atomic mass is 9.86. The molecule has 1 aliphatic carbocycles. The van der Waals surface area contributed by atoms with E-state index in [4.69, 9.17) is 16.6 Å². The number of likely N-dealkylation sites (N-methyl/N-ethyl adjacent to an activating group) is 1. The summed E-state index contributed by atoms with van der Waals surface area (Å²) in [5, 5.41) is 7.11. The number of hydrogen-bond acceptors (Lipinski definition) is 4. The smallest absolute Gasteiger partial charge is 0.253 e. The van der Waals surface area contributed by atoms with Crippen molar-refractivity contribution in [1.82, 2.24) is 15.6 Å². The number of hydrogen-bond donors (Lipinski definition) is 2. The predicted molar refractivity (Wildman–Crippen MR) is 116 cm³/mol. The van der Waals surface area contributed by atoms with Crippen molar-refractivity contribution in [3.8, 4) is 0 Å². The minimum atomic E-state index is -2.63. The van der Waals surface area contributed by atoms with Gasteiger partial charge in [-0.25, -0.2) is 13.8 Å². The summed E-state index contributed by atoms with van der Waals surface area (Å²) in [6, 6.07) is 7.71. The molecule has 2 N–H and O–H groups in total. The van der Waals surface area contributed by atoms with Crippen LogP contribution in [0.4, 0.5) is 14.6 Å². The number of halogens is 3. The van der Waals surface area contributed by atoms with E-state index >= 15 is 0 Å². The van der Waals surface area contributed by atoms with E-state index in [9.17, 15) is 13.6 Å².